The Labute approximate surface area is 311 Å². The van der Waals surface area contributed by atoms with E-state index >= 15 is 0 Å². The maximum atomic E-state index is 12.7. The number of nitrogen functional groups attached to an aromatic ring is 1. The van der Waals surface area contributed by atoms with Crippen LogP contribution in [0.5, 0.6) is 11.5 Å². The molecule has 1 saturated heterocycles. The van der Waals surface area contributed by atoms with Crippen molar-refractivity contribution in [3.63, 3.8) is 0 Å². The van der Waals surface area contributed by atoms with Crippen LogP contribution in [-0.2, 0) is 38.6 Å². The van der Waals surface area contributed by atoms with Crippen LogP contribution in [0.1, 0.15) is 78.7 Å². The largest absolute Gasteiger partial charge is 0.493 e. The quantitative estimate of drug-likeness (QED) is 0.0760. The number of nitrogens with one attached hydrogen (secondary N) is 2. The Hall–Kier alpha value is -4.94. The summed E-state index contributed by atoms with van der Waals surface area (Å²) < 4.78 is 24.3. The molecule has 53 heavy (non-hydrogen) atoms. The van der Waals surface area contributed by atoms with E-state index in [0.717, 1.165) is 60.7 Å². The molecule has 11 heteroatoms. The number of ether oxygens (including phenoxy) is 4. The molecule has 2 heterocycles. The highest BCUT2D eigenvalue weighted by molar-refractivity contribution is 5.93. The fourth-order valence-corrected chi connectivity index (χ4v) is 6.94. The summed E-state index contributed by atoms with van der Waals surface area (Å²) in [5.74, 6) is 1.32. The number of aliphatic hydroxyl groups is 1. The van der Waals surface area contributed by atoms with Crippen LogP contribution >= 0.6 is 0 Å². The lowest BCUT2D eigenvalue weighted by atomic mass is 9.97. The summed E-state index contributed by atoms with van der Waals surface area (Å²) in [6, 6.07) is 26.8. The lowest BCUT2D eigenvalue weighted by Crippen LogP contribution is -2.41. The number of rotatable bonds is 15. The monoisotopic (exact) mass is 722 g/mol. The van der Waals surface area contributed by atoms with Crippen molar-refractivity contribution < 1.29 is 33.6 Å². The van der Waals surface area contributed by atoms with Crippen molar-refractivity contribution in [1.82, 2.24) is 4.90 Å². The lowest BCUT2D eigenvalue weighted by molar-refractivity contribution is -0.253. The maximum absolute atomic E-state index is 12.7. The predicted octanol–water partition coefficient (Wildman–Crippen LogP) is 6.91. The van der Waals surface area contributed by atoms with Gasteiger partial charge in [0, 0.05) is 50.1 Å². The first-order chi connectivity index (χ1) is 25.8. The van der Waals surface area contributed by atoms with E-state index in [-0.39, 0.29) is 30.6 Å². The summed E-state index contributed by atoms with van der Waals surface area (Å²) in [5, 5.41) is 15.4. The van der Waals surface area contributed by atoms with Crippen LogP contribution in [0, 0.1) is 0 Å². The van der Waals surface area contributed by atoms with E-state index in [2.05, 4.69) is 27.7 Å². The second kappa shape index (κ2) is 18.2. The van der Waals surface area contributed by atoms with Gasteiger partial charge in [0.2, 0.25) is 11.8 Å². The molecule has 2 aliphatic heterocycles. The lowest BCUT2D eigenvalue weighted by Gasteiger charge is -2.39. The van der Waals surface area contributed by atoms with Gasteiger partial charge in [-0.1, -0.05) is 55.0 Å². The molecule has 4 aromatic rings. The van der Waals surface area contributed by atoms with Crippen molar-refractivity contribution in [1.29, 1.82) is 0 Å². The van der Waals surface area contributed by atoms with Crippen LogP contribution in [0.2, 0.25) is 0 Å². The Balaban J connectivity index is 1.03. The maximum Gasteiger partial charge on any atom is 0.224 e. The van der Waals surface area contributed by atoms with Gasteiger partial charge >= 0.3 is 0 Å². The topological polar surface area (TPSA) is 145 Å². The fourth-order valence-electron chi connectivity index (χ4n) is 6.94. The number of anilines is 3. The molecule has 11 nitrogen and oxygen atoms in total. The van der Waals surface area contributed by atoms with Gasteiger partial charge in [-0.05, 0) is 77.9 Å². The zero-order chi connectivity index (χ0) is 37.2. The van der Waals surface area contributed by atoms with Crippen molar-refractivity contribution in [2.24, 2.45) is 0 Å². The van der Waals surface area contributed by atoms with Gasteiger partial charge in [-0.25, -0.2) is 0 Å². The summed E-state index contributed by atoms with van der Waals surface area (Å²) in [4.78, 5) is 27.4. The number of benzene rings is 4. The van der Waals surface area contributed by atoms with Gasteiger partial charge in [0.15, 0.2) is 17.8 Å². The van der Waals surface area contributed by atoms with Crippen LogP contribution in [0.15, 0.2) is 84.9 Å². The van der Waals surface area contributed by atoms with E-state index < -0.39 is 6.29 Å². The van der Waals surface area contributed by atoms with Gasteiger partial charge in [-0.2, -0.15) is 0 Å². The molecule has 280 valence electrons. The first-order valence-corrected chi connectivity index (χ1v) is 18.3. The van der Waals surface area contributed by atoms with Crippen molar-refractivity contribution in [2.75, 3.05) is 43.7 Å². The van der Waals surface area contributed by atoms with Gasteiger partial charge in [0.25, 0.3) is 0 Å². The average molecular weight is 723 g/mol. The molecule has 5 N–H and O–H groups in total. The molecule has 1 fully saturated rings. The highest BCUT2D eigenvalue weighted by Crippen LogP contribution is 2.39. The zero-order valence-corrected chi connectivity index (χ0v) is 30.5. The van der Waals surface area contributed by atoms with Gasteiger partial charge in [0.05, 0.1) is 44.4 Å². The molecule has 0 spiro atoms. The van der Waals surface area contributed by atoms with Crippen molar-refractivity contribution in [3.8, 4) is 11.5 Å². The first kappa shape index (κ1) is 37.8. The molecule has 0 bridgehead atoms. The summed E-state index contributed by atoms with van der Waals surface area (Å²) in [7, 11) is 3.32. The van der Waals surface area contributed by atoms with Gasteiger partial charge in [-0.15, -0.1) is 0 Å². The third-order valence-electron chi connectivity index (χ3n) is 9.88. The second-order valence-electron chi connectivity index (χ2n) is 13.7. The second-order valence-corrected chi connectivity index (χ2v) is 13.7. The summed E-state index contributed by atoms with van der Waals surface area (Å²) >= 11 is 0. The number of carbonyl (C=O) groups is 2. The Morgan fingerprint density at radius 1 is 0.830 bits per heavy atom. The third kappa shape index (κ3) is 10.1. The number of hydrogen-bond donors (Lipinski definition) is 4. The van der Waals surface area contributed by atoms with Crippen molar-refractivity contribution >= 4 is 28.9 Å². The predicted molar refractivity (Wildman–Crippen MR) is 205 cm³/mol. The molecular weight excluding hydrogens is 672 g/mol. The molecule has 3 atom stereocenters. The normalized spacial score (nSPS) is 18.5. The van der Waals surface area contributed by atoms with Crippen LogP contribution in [0.3, 0.4) is 0 Å². The molecule has 0 aromatic heterocycles. The molecule has 2 amide bonds. The minimum Gasteiger partial charge on any atom is -0.493 e. The van der Waals surface area contributed by atoms with Crippen LogP contribution in [-0.4, -0.2) is 55.2 Å². The standard InChI is InChI=1S/C42H50N4O7/c1-50-38-22-31-20-21-46(25-32(31)23-39(38)51-2)26-34-24-37(29-14-12-28(27-47)13-15-29)53-42(52-34)30-16-18-33(19-17-30)44-40(48)10-4-3-5-11-41(49)45-36-9-7-6-8-35(36)43/h6-9,12-19,22-23,34,37,42,47H,3-5,10-11,20-21,24-27,43H2,1-2H3,(H,44,48)(H,45,49)/t34-,37+,42+/m1/s1. The van der Waals surface area contributed by atoms with Crippen molar-refractivity contribution in [3.05, 3.63) is 113 Å². The first-order valence-electron chi connectivity index (χ1n) is 18.3. The van der Waals surface area contributed by atoms with E-state index in [9.17, 15) is 14.7 Å². The number of fused-ring (bicyclic) bond motifs is 1. The van der Waals surface area contributed by atoms with E-state index in [1.165, 1.54) is 11.1 Å². The number of aliphatic hydroxyl groups excluding tert-OH is 1. The minimum atomic E-state index is -0.599. The molecule has 6 rings (SSSR count). The number of nitrogens with zero attached hydrogens (tertiary/aromatic N) is 1. The molecule has 0 unspecified atom stereocenters. The number of carbonyl (C=O) groups excluding carboxylic acids is 2. The molecule has 0 saturated carbocycles. The smallest absolute Gasteiger partial charge is 0.224 e. The molecular formula is C42H50N4O7. The fraction of sp³-hybridized carbons (Fsp3) is 0.381. The van der Waals surface area contributed by atoms with Crippen LogP contribution in [0.4, 0.5) is 17.1 Å². The van der Waals surface area contributed by atoms with E-state index in [0.29, 0.717) is 49.2 Å². The van der Waals surface area contributed by atoms with E-state index in [1.807, 2.05) is 60.7 Å². The Morgan fingerprint density at radius 3 is 2.17 bits per heavy atom. The van der Waals surface area contributed by atoms with E-state index in [4.69, 9.17) is 24.7 Å². The van der Waals surface area contributed by atoms with Crippen LogP contribution in [0.25, 0.3) is 0 Å². The number of nitrogens with two attached hydrogens (primary N) is 1. The molecule has 0 radical (unpaired) electrons. The zero-order valence-electron chi connectivity index (χ0n) is 30.5. The van der Waals surface area contributed by atoms with Crippen LogP contribution < -0.4 is 25.8 Å². The number of unbranched alkanes of at least 4 members (excludes halogenated alkanes) is 2. The molecule has 4 aromatic carbocycles. The SMILES string of the molecule is COc1cc2c(cc1OC)CN(C[C@H]1C[C@@H](c3ccc(CO)cc3)O[C@@H](c3ccc(NC(=O)CCCCCC(=O)Nc4ccccc4N)cc3)O1)CC2. The van der Waals surface area contributed by atoms with Gasteiger partial charge < -0.3 is 40.4 Å². The van der Waals surface area contributed by atoms with Gasteiger partial charge in [0.1, 0.15) is 0 Å². The minimum absolute atomic E-state index is 0.0136. The highest BCUT2D eigenvalue weighted by atomic mass is 16.7. The third-order valence-corrected chi connectivity index (χ3v) is 9.88. The number of hydrogen-bond acceptors (Lipinski definition) is 9. The average Bonchev–Trinajstić information content (AvgIpc) is 3.18. The van der Waals surface area contributed by atoms with E-state index in [1.54, 1.807) is 26.4 Å². The number of methoxy groups -OCH3 is 2. The van der Waals surface area contributed by atoms with Crippen molar-refractivity contribution in [2.45, 2.75) is 76.6 Å². The summed E-state index contributed by atoms with van der Waals surface area (Å²) in [6.07, 6.45) is 3.56. The Bertz CT molecular complexity index is 1830. The number of para-hydroxylation sites is 2. The highest BCUT2D eigenvalue weighted by Gasteiger charge is 2.34. The Morgan fingerprint density at radius 2 is 1.49 bits per heavy atom. The summed E-state index contributed by atoms with van der Waals surface area (Å²) in [5.41, 5.74) is 13.0. The molecule has 2 aliphatic rings. The molecule has 0 aliphatic carbocycles. The summed E-state index contributed by atoms with van der Waals surface area (Å²) in [6.45, 7) is 2.40. The number of amides is 2. The Kier molecular flexibility index (Phi) is 13.0. The van der Waals surface area contributed by atoms with Gasteiger partial charge in [-0.3, -0.25) is 14.5 Å².